The van der Waals surface area contributed by atoms with E-state index >= 15 is 0 Å². The SMILES string of the molecule is COc1ccc(CN(C(=O)Cc2ccccc2)[C@@H](Cc2ccccc2)C(=O)NCCC(C)C)cc1. The third-order valence-electron chi connectivity index (χ3n) is 6.00. The summed E-state index contributed by atoms with van der Waals surface area (Å²) in [4.78, 5) is 28.9. The number of rotatable bonds is 12. The van der Waals surface area contributed by atoms with E-state index < -0.39 is 6.04 Å². The molecule has 35 heavy (non-hydrogen) atoms. The highest BCUT2D eigenvalue weighted by atomic mass is 16.5. The number of methoxy groups -OCH3 is 1. The third-order valence-corrected chi connectivity index (χ3v) is 6.00. The van der Waals surface area contributed by atoms with Crippen LogP contribution >= 0.6 is 0 Å². The molecule has 0 spiro atoms. The number of hydrogen-bond donors (Lipinski definition) is 1. The van der Waals surface area contributed by atoms with Gasteiger partial charge in [0, 0.05) is 19.5 Å². The van der Waals surface area contributed by atoms with Crippen molar-refractivity contribution in [2.75, 3.05) is 13.7 Å². The van der Waals surface area contributed by atoms with Crippen LogP contribution in [0.2, 0.25) is 0 Å². The minimum Gasteiger partial charge on any atom is -0.497 e. The number of carbonyl (C=O) groups excluding carboxylic acids is 2. The van der Waals surface area contributed by atoms with Gasteiger partial charge in [0.25, 0.3) is 0 Å². The molecule has 0 fully saturated rings. The fraction of sp³-hybridized carbons (Fsp3) is 0.333. The van der Waals surface area contributed by atoms with Crippen molar-refractivity contribution in [3.8, 4) is 5.75 Å². The summed E-state index contributed by atoms with van der Waals surface area (Å²) in [5, 5.41) is 3.08. The molecule has 0 radical (unpaired) electrons. The maximum Gasteiger partial charge on any atom is 0.243 e. The van der Waals surface area contributed by atoms with Gasteiger partial charge in [-0.1, -0.05) is 86.6 Å². The number of amides is 2. The molecule has 0 aliphatic rings. The topological polar surface area (TPSA) is 58.6 Å². The number of hydrogen-bond acceptors (Lipinski definition) is 3. The summed E-state index contributed by atoms with van der Waals surface area (Å²) in [6, 6.07) is 26.6. The van der Waals surface area contributed by atoms with Crippen molar-refractivity contribution in [1.29, 1.82) is 0 Å². The van der Waals surface area contributed by atoms with Gasteiger partial charge in [0.2, 0.25) is 11.8 Å². The summed E-state index contributed by atoms with van der Waals surface area (Å²) in [5.74, 6) is 1.04. The molecular formula is C30H36N2O3. The summed E-state index contributed by atoms with van der Waals surface area (Å²) >= 11 is 0. The van der Waals surface area contributed by atoms with Gasteiger partial charge in [0.05, 0.1) is 13.5 Å². The summed E-state index contributed by atoms with van der Waals surface area (Å²) in [6.45, 7) is 5.19. The summed E-state index contributed by atoms with van der Waals surface area (Å²) in [7, 11) is 1.63. The molecule has 0 saturated heterocycles. The van der Waals surface area contributed by atoms with Gasteiger partial charge < -0.3 is 15.0 Å². The number of carbonyl (C=O) groups is 2. The molecule has 5 heteroatoms. The molecule has 184 valence electrons. The minimum atomic E-state index is -0.622. The smallest absolute Gasteiger partial charge is 0.243 e. The van der Waals surface area contributed by atoms with E-state index in [-0.39, 0.29) is 18.2 Å². The Labute approximate surface area is 209 Å². The normalized spacial score (nSPS) is 11.7. The van der Waals surface area contributed by atoms with Crippen molar-refractivity contribution < 1.29 is 14.3 Å². The second-order valence-electron chi connectivity index (χ2n) is 9.21. The van der Waals surface area contributed by atoms with E-state index in [9.17, 15) is 9.59 Å². The Balaban J connectivity index is 1.91. The van der Waals surface area contributed by atoms with Crippen LogP contribution in [0, 0.1) is 5.92 Å². The molecule has 0 aromatic heterocycles. The maximum atomic E-state index is 13.7. The van der Waals surface area contributed by atoms with E-state index in [1.165, 1.54) is 0 Å². The largest absolute Gasteiger partial charge is 0.497 e. The first-order valence-corrected chi connectivity index (χ1v) is 12.2. The lowest BCUT2D eigenvalue weighted by molar-refractivity contribution is -0.140. The highest BCUT2D eigenvalue weighted by molar-refractivity contribution is 5.88. The van der Waals surface area contributed by atoms with Crippen molar-refractivity contribution in [3.05, 3.63) is 102 Å². The molecule has 0 bridgehead atoms. The van der Waals surface area contributed by atoms with Gasteiger partial charge in [-0.15, -0.1) is 0 Å². The van der Waals surface area contributed by atoms with Crippen LogP contribution in [0.3, 0.4) is 0 Å². The van der Waals surface area contributed by atoms with Crippen LogP contribution in [0.4, 0.5) is 0 Å². The predicted octanol–water partition coefficient (Wildman–Crippen LogP) is 5.04. The molecule has 0 aliphatic carbocycles. The van der Waals surface area contributed by atoms with Crippen LogP contribution < -0.4 is 10.1 Å². The van der Waals surface area contributed by atoms with Crippen LogP contribution in [0.15, 0.2) is 84.9 Å². The first kappa shape index (κ1) is 26.0. The standard InChI is InChI=1S/C30H36N2O3/c1-23(2)18-19-31-30(34)28(20-24-10-6-4-7-11-24)32(22-26-14-16-27(35-3)17-15-26)29(33)21-25-12-8-5-9-13-25/h4-17,23,28H,18-22H2,1-3H3,(H,31,34)/t28-/m0/s1. The maximum absolute atomic E-state index is 13.7. The van der Waals surface area contributed by atoms with Crippen LogP contribution in [0.25, 0.3) is 0 Å². The number of ether oxygens (including phenoxy) is 1. The fourth-order valence-corrected chi connectivity index (χ4v) is 3.96. The summed E-state index contributed by atoms with van der Waals surface area (Å²) < 4.78 is 5.28. The average Bonchev–Trinajstić information content (AvgIpc) is 2.87. The van der Waals surface area contributed by atoms with Crippen molar-refractivity contribution in [1.82, 2.24) is 10.2 Å². The monoisotopic (exact) mass is 472 g/mol. The second-order valence-corrected chi connectivity index (χ2v) is 9.21. The lowest BCUT2D eigenvalue weighted by Gasteiger charge is -2.32. The highest BCUT2D eigenvalue weighted by Crippen LogP contribution is 2.19. The zero-order valence-electron chi connectivity index (χ0n) is 20.9. The van der Waals surface area contributed by atoms with Crippen molar-refractivity contribution in [2.24, 2.45) is 5.92 Å². The van der Waals surface area contributed by atoms with Crippen LogP contribution in [0.1, 0.15) is 37.0 Å². The molecule has 0 heterocycles. The zero-order chi connectivity index (χ0) is 25.0. The number of benzene rings is 3. The molecule has 3 rings (SSSR count). The molecule has 3 aromatic rings. The lowest BCUT2D eigenvalue weighted by Crippen LogP contribution is -2.51. The van der Waals surface area contributed by atoms with E-state index in [0.29, 0.717) is 25.4 Å². The van der Waals surface area contributed by atoms with Crippen LogP contribution in [0.5, 0.6) is 5.75 Å². The van der Waals surface area contributed by atoms with Crippen LogP contribution in [-0.2, 0) is 29.0 Å². The molecule has 1 N–H and O–H groups in total. The van der Waals surface area contributed by atoms with Gasteiger partial charge in [-0.25, -0.2) is 0 Å². The molecule has 1 atom stereocenters. The highest BCUT2D eigenvalue weighted by Gasteiger charge is 2.30. The lowest BCUT2D eigenvalue weighted by atomic mass is 10.0. The molecule has 0 unspecified atom stereocenters. The molecule has 0 aliphatic heterocycles. The summed E-state index contributed by atoms with van der Waals surface area (Å²) in [5.41, 5.74) is 2.89. The third kappa shape index (κ3) is 8.29. The molecule has 0 saturated carbocycles. The van der Waals surface area contributed by atoms with Crippen molar-refractivity contribution in [3.63, 3.8) is 0 Å². The zero-order valence-corrected chi connectivity index (χ0v) is 20.9. The van der Waals surface area contributed by atoms with Gasteiger partial charge in [0.15, 0.2) is 0 Å². The second kappa shape index (κ2) is 13.3. The minimum absolute atomic E-state index is 0.0769. The molecular weight excluding hydrogens is 436 g/mol. The molecule has 3 aromatic carbocycles. The fourth-order valence-electron chi connectivity index (χ4n) is 3.96. The first-order chi connectivity index (χ1) is 17.0. The van der Waals surface area contributed by atoms with E-state index in [4.69, 9.17) is 4.74 Å². The van der Waals surface area contributed by atoms with Gasteiger partial charge in [0.1, 0.15) is 11.8 Å². The summed E-state index contributed by atoms with van der Waals surface area (Å²) in [6.07, 6.45) is 1.58. The van der Waals surface area contributed by atoms with Crippen molar-refractivity contribution in [2.45, 2.75) is 45.7 Å². The van der Waals surface area contributed by atoms with Crippen molar-refractivity contribution >= 4 is 11.8 Å². The molecule has 5 nitrogen and oxygen atoms in total. The Hall–Kier alpha value is -3.60. The molecule has 2 amide bonds. The van der Waals surface area contributed by atoms with Crippen LogP contribution in [-0.4, -0.2) is 36.4 Å². The van der Waals surface area contributed by atoms with E-state index in [2.05, 4.69) is 19.2 Å². The van der Waals surface area contributed by atoms with E-state index in [1.54, 1.807) is 12.0 Å². The Morgan fingerprint density at radius 3 is 2.00 bits per heavy atom. The average molecular weight is 473 g/mol. The van der Waals surface area contributed by atoms with Gasteiger partial charge in [-0.05, 0) is 41.2 Å². The van der Waals surface area contributed by atoms with Gasteiger partial charge >= 0.3 is 0 Å². The predicted molar refractivity (Wildman–Crippen MR) is 140 cm³/mol. The Kier molecular flexibility index (Phi) is 9.91. The number of nitrogens with zero attached hydrogens (tertiary/aromatic N) is 1. The van der Waals surface area contributed by atoms with E-state index in [0.717, 1.165) is 28.9 Å². The van der Waals surface area contributed by atoms with E-state index in [1.807, 2.05) is 84.9 Å². The Bertz CT molecular complexity index is 1050. The Morgan fingerprint density at radius 2 is 1.43 bits per heavy atom. The first-order valence-electron chi connectivity index (χ1n) is 12.2. The van der Waals surface area contributed by atoms with Gasteiger partial charge in [-0.2, -0.15) is 0 Å². The number of nitrogens with one attached hydrogen (secondary N) is 1. The quantitative estimate of drug-likeness (QED) is 0.402. The Morgan fingerprint density at radius 1 is 0.829 bits per heavy atom. The van der Waals surface area contributed by atoms with Gasteiger partial charge in [-0.3, -0.25) is 9.59 Å².